The van der Waals surface area contributed by atoms with Gasteiger partial charge in [-0.25, -0.2) is 4.79 Å². The maximum absolute atomic E-state index is 11.1. The first kappa shape index (κ1) is 13.1. The molecule has 1 atom stereocenters. The van der Waals surface area contributed by atoms with E-state index in [2.05, 4.69) is 10.1 Å². The summed E-state index contributed by atoms with van der Waals surface area (Å²) < 4.78 is 5.21. The maximum Gasteiger partial charge on any atom is 0.407 e. The average molecular weight is 284 g/mol. The van der Waals surface area contributed by atoms with Crippen LogP contribution in [0.25, 0.3) is 11.4 Å². The van der Waals surface area contributed by atoms with Crippen molar-refractivity contribution in [2.45, 2.75) is 18.9 Å². The van der Waals surface area contributed by atoms with Gasteiger partial charge in [-0.05, 0) is 25.0 Å². The summed E-state index contributed by atoms with van der Waals surface area (Å²) in [5.41, 5.74) is 1.18. The largest absolute Gasteiger partial charge is 0.465 e. The third-order valence-corrected chi connectivity index (χ3v) is 3.48. The molecule has 1 aliphatic heterocycles. The minimum Gasteiger partial charge on any atom is -0.465 e. The molecule has 2 heterocycles. The van der Waals surface area contributed by atoms with Crippen molar-refractivity contribution in [1.29, 1.82) is 5.26 Å². The van der Waals surface area contributed by atoms with Gasteiger partial charge in [0.15, 0.2) is 0 Å². The molecule has 0 spiro atoms. The fraction of sp³-hybridized carbons (Fsp3) is 0.286. The number of likely N-dealkylation sites (tertiary alicyclic amines) is 1. The Kier molecular flexibility index (Phi) is 3.28. The summed E-state index contributed by atoms with van der Waals surface area (Å²) in [4.78, 5) is 16.7. The standard InChI is InChI=1S/C14H12N4O3/c15-8-9-3-1-4-10(7-9)12-16-13(21-17-12)11-5-2-6-18(11)14(19)20/h1,3-4,7,11H,2,5-6H2,(H,19,20). The van der Waals surface area contributed by atoms with Gasteiger partial charge in [-0.1, -0.05) is 17.3 Å². The lowest BCUT2D eigenvalue weighted by Gasteiger charge is -2.17. The number of benzene rings is 1. The van der Waals surface area contributed by atoms with E-state index < -0.39 is 6.09 Å². The molecule has 0 saturated carbocycles. The number of nitrogens with zero attached hydrogens (tertiary/aromatic N) is 4. The number of hydrogen-bond donors (Lipinski definition) is 1. The molecular formula is C14H12N4O3. The smallest absolute Gasteiger partial charge is 0.407 e. The summed E-state index contributed by atoms with van der Waals surface area (Å²) in [5, 5.41) is 21.9. The van der Waals surface area contributed by atoms with Gasteiger partial charge in [-0.15, -0.1) is 0 Å². The second kappa shape index (κ2) is 5.25. The Morgan fingerprint density at radius 1 is 1.52 bits per heavy atom. The molecule has 0 bridgehead atoms. The van der Waals surface area contributed by atoms with Crippen molar-refractivity contribution < 1.29 is 14.4 Å². The van der Waals surface area contributed by atoms with Gasteiger partial charge in [0.1, 0.15) is 6.04 Å². The van der Waals surface area contributed by atoms with Gasteiger partial charge in [-0.3, -0.25) is 4.90 Å². The van der Waals surface area contributed by atoms with E-state index >= 15 is 0 Å². The fourth-order valence-electron chi connectivity index (χ4n) is 2.47. The predicted molar refractivity (Wildman–Crippen MR) is 71.2 cm³/mol. The van der Waals surface area contributed by atoms with E-state index in [-0.39, 0.29) is 6.04 Å². The monoisotopic (exact) mass is 284 g/mol. The molecule has 1 fully saturated rings. The number of hydrogen-bond acceptors (Lipinski definition) is 5. The van der Waals surface area contributed by atoms with E-state index in [1.807, 2.05) is 6.07 Å². The van der Waals surface area contributed by atoms with Crippen LogP contribution in [0.1, 0.15) is 30.3 Å². The molecule has 1 N–H and O–H groups in total. The predicted octanol–water partition coefficient (Wildman–Crippen LogP) is 2.42. The van der Waals surface area contributed by atoms with E-state index in [9.17, 15) is 4.79 Å². The molecule has 0 aliphatic carbocycles. The van der Waals surface area contributed by atoms with Crippen molar-refractivity contribution in [3.05, 3.63) is 35.7 Å². The molecule has 7 nitrogen and oxygen atoms in total. The lowest BCUT2D eigenvalue weighted by molar-refractivity contribution is 0.131. The summed E-state index contributed by atoms with van der Waals surface area (Å²) >= 11 is 0. The van der Waals surface area contributed by atoms with Gasteiger partial charge in [0, 0.05) is 12.1 Å². The SMILES string of the molecule is N#Cc1cccc(-c2noc(C3CCCN3C(=O)O)n2)c1. The Labute approximate surface area is 120 Å². The molecule has 1 saturated heterocycles. The first-order chi connectivity index (χ1) is 10.2. The molecule has 1 amide bonds. The van der Waals surface area contributed by atoms with E-state index in [0.29, 0.717) is 35.8 Å². The fourth-order valence-corrected chi connectivity index (χ4v) is 2.47. The Hall–Kier alpha value is -2.88. The second-order valence-electron chi connectivity index (χ2n) is 4.78. The summed E-state index contributed by atoms with van der Waals surface area (Å²) in [6, 6.07) is 8.53. The Balaban J connectivity index is 1.89. The topological polar surface area (TPSA) is 103 Å². The van der Waals surface area contributed by atoms with Crippen LogP contribution in [-0.2, 0) is 0 Å². The molecule has 1 aromatic carbocycles. The van der Waals surface area contributed by atoms with Crippen molar-refractivity contribution >= 4 is 6.09 Å². The lowest BCUT2D eigenvalue weighted by atomic mass is 10.1. The number of amides is 1. The first-order valence-electron chi connectivity index (χ1n) is 6.53. The Bertz CT molecular complexity index is 719. The van der Waals surface area contributed by atoms with Crippen LogP contribution >= 0.6 is 0 Å². The van der Waals surface area contributed by atoms with Crippen LogP contribution in [-0.4, -0.2) is 32.8 Å². The molecule has 1 unspecified atom stereocenters. The third kappa shape index (κ3) is 2.43. The highest BCUT2D eigenvalue weighted by atomic mass is 16.5. The highest BCUT2D eigenvalue weighted by Crippen LogP contribution is 2.31. The van der Waals surface area contributed by atoms with Crippen molar-refractivity contribution in [1.82, 2.24) is 15.0 Å². The van der Waals surface area contributed by atoms with Crippen LogP contribution in [0.4, 0.5) is 4.79 Å². The number of nitriles is 1. The van der Waals surface area contributed by atoms with Crippen molar-refractivity contribution in [2.24, 2.45) is 0 Å². The summed E-state index contributed by atoms with van der Waals surface area (Å²) in [7, 11) is 0. The maximum atomic E-state index is 11.1. The minimum absolute atomic E-state index is 0.298. The van der Waals surface area contributed by atoms with Crippen LogP contribution in [0, 0.1) is 11.3 Å². The Morgan fingerprint density at radius 2 is 2.38 bits per heavy atom. The highest BCUT2D eigenvalue weighted by molar-refractivity contribution is 5.66. The third-order valence-electron chi connectivity index (χ3n) is 3.48. The summed E-state index contributed by atoms with van der Waals surface area (Å²) in [6.07, 6.45) is 0.467. The van der Waals surface area contributed by atoms with Crippen LogP contribution in [0.2, 0.25) is 0 Å². The average Bonchev–Trinajstić information content (AvgIpc) is 3.15. The quantitative estimate of drug-likeness (QED) is 0.908. The van der Waals surface area contributed by atoms with E-state index in [4.69, 9.17) is 14.9 Å². The van der Waals surface area contributed by atoms with Gasteiger partial charge in [0.05, 0.1) is 11.6 Å². The molecule has 3 rings (SSSR count). The van der Waals surface area contributed by atoms with Gasteiger partial charge in [0.2, 0.25) is 11.7 Å². The normalized spacial score (nSPS) is 17.7. The lowest BCUT2D eigenvalue weighted by Crippen LogP contribution is -2.28. The summed E-state index contributed by atoms with van der Waals surface area (Å²) in [5.74, 6) is 0.659. The number of carboxylic acid groups (broad SMARTS) is 1. The molecule has 2 aromatic rings. The molecule has 1 aliphatic rings. The van der Waals surface area contributed by atoms with E-state index in [1.54, 1.807) is 24.3 Å². The van der Waals surface area contributed by atoms with Gasteiger partial charge >= 0.3 is 6.09 Å². The first-order valence-corrected chi connectivity index (χ1v) is 6.53. The van der Waals surface area contributed by atoms with Crippen molar-refractivity contribution in [3.63, 3.8) is 0 Å². The highest BCUT2D eigenvalue weighted by Gasteiger charge is 2.34. The number of rotatable bonds is 2. The van der Waals surface area contributed by atoms with E-state index in [0.717, 1.165) is 6.42 Å². The van der Waals surface area contributed by atoms with Crippen LogP contribution in [0.15, 0.2) is 28.8 Å². The number of carbonyl (C=O) groups is 1. The molecule has 1 aromatic heterocycles. The Morgan fingerprint density at radius 3 is 3.14 bits per heavy atom. The van der Waals surface area contributed by atoms with Gasteiger partial charge in [-0.2, -0.15) is 10.2 Å². The molecule has 106 valence electrons. The van der Waals surface area contributed by atoms with Gasteiger partial charge in [0.25, 0.3) is 0 Å². The van der Waals surface area contributed by atoms with Gasteiger partial charge < -0.3 is 9.63 Å². The molecule has 21 heavy (non-hydrogen) atoms. The summed E-state index contributed by atoms with van der Waals surface area (Å²) in [6.45, 7) is 0.474. The zero-order valence-electron chi connectivity index (χ0n) is 11.1. The van der Waals surface area contributed by atoms with Crippen molar-refractivity contribution in [3.8, 4) is 17.5 Å². The van der Waals surface area contributed by atoms with Crippen molar-refractivity contribution in [2.75, 3.05) is 6.54 Å². The molecule has 7 heteroatoms. The zero-order valence-corrected chi connectivity index (χ0v) is 11.1. The molecule has 0 radical (unpaired) electrons. The van der Waals surface area contributed by atoms with Crippen LogP contribution in [0.5, 0.6) is 0 Å². The van der Waals surface area contributed by atoms with Crippen LogP contribution in [0.3, 0.4) is 0 Å². The zero-order chi connectivity index (χ0) is 14.8. The minimum atomic E-state index is -0.983. The number of aromatic nitrogens is 2. The van der Waals surface area contributed by atoms with E-state index in [1.165, 1.54) is 4.90 Å². The second-order valence-corrected chi connectivity index (χ2v) is 4.78. The molecular weight excluding hydrogens is 272 g/mol. The van der Waals surface area contributed by atoms with Crippen LogP contribution < -0.4 is 0 Å².